The molecule has 0 radical (unpaired) electrons. The predicted octanol–water partition coefficient (Wildman–Crippen LogP) is 1.65. The van der Waals surface area contributed by atoms with E-state index in [1.54, 1.807) is 24.3 Å². The van der Waals surface area contributed by atoms with Gasteiger partial charge in [-0.3, -0.25) is 19.4 Å². The monoisotopic (exact) mass is 285 g/mol. The van der Waals surface area contributed by atoms with Crippen molar-refractivity contribution in [2.45, 2.75) is 26.3 Å². The van der Waals surface area contributed by atoms with E-state index in [2.05, 4.69) is 0 Å². The van der Waals surface area contributed by atoms with Crippen molar-refractivity contribution in [2.24, 2.45) is 0 Å². The molecule has 1 aromatic carbocycles. The first-order valence-electron chi connectivity index (χ1n) is 6.75. The Morgan fingerprint density at radius 1 is 1.10 bits per heavy atom. The zero-order chi connectivity index (χ0) is 15.4. The number of hydrogen-bond acceptors (Lipinski definition) is 4. The first-order valence-corrected chi connectivity index (χ1v) is 6.75. The third-order valence-corrected chi connectivity index (χ3v) is 3.34. The van der Waals surface area contributed by atoms with Crippen molar-refractivity contribution in [3.05, 3.63) is 35.4 Å². The topological polar surface area (TPSA) is 81.5 Å². The van der Waals surface area contributed by atoms with Crippen LogP contribution in [0.2, 0.25) is 0 Å². The maximum Gasteiger partial charge on any atom is 0.334 e. The second-order valence-corrected chi connectivity index (χ2v) is 4.75. The largest absolute Gasteiger partial charge is 0.334 e. The normalized spacial score (nSPS) is 14.8. The Morgan fingerprint density at radius 2 is 1.76 bits per heavy atom. The molecule has 1 fully saturated rings. The van der Waals surface area contributed by atoms with Gasteiger partial charge >= 0.3 is 17.8 Å². The molecule has 0 aromatic heterocycles. The summed E-state index contributed by atoms with van der Waals surface area (Å²) in [7, 11) is 0. The van der Waals surface area contributed by atoms with E-state index in [1.807, 2.05) is 13.0 Å². The lowest BCUT2D eigenvalue weighted by Gasteiger charge is -2.15. The first kappa shape index (κ1) is 14.7. The molecule has 0 unspecified atom stereocenters. The van der Waals surface area contributed by atoms with Gasteiger partial charge in [0.1, 0.15) is 0 Å². The fraction of sp³-hybridized carbons (Fsp3) is 0.333. The molecule has 6 nitrogen and oxygen atoms in total. The molecular formula is C15H15N3O3. The number of hydrogen-bond donors (Lipinski definition) is 0. The lowest BCUT2D eigenvalue weighted by Crippen LogP contribution is -2.33. The number of nitriles is 1. The van der Waals surface area contributed by atoms with Crippen LogP contribution in [-0.2, 0) is 16.1 Å². The van der Waals surface area contributed by atoms with Crippen LogP contribution >= 0.6 is 0 Å². The Morgan fingerprint density at radius 3 is 2.43 bits per heavy atom. The Kier molecular flexibility index (Phi) is 4.33. The van der Waals surface area contributed by atoms with Crippen molar-refractivity contribution < 1.29 is 14.4 Å². The van der Waals surface area contributed by atoms with Crippen molar-refractivity contribution in [3.63, 3.8) is 0 Å². The highest BCUT2D eigenvalue weighted by Gasteiger charge is 2.43. The summed E-state index contributed by atoms with van der Waals surface area (Å²) in [6, 6.07) is 8.10. The summed E-state index contributed by atoms with van der Waals surface area (Å²) in [4.78, 5) is 37.8. The Bertz CT molecular complexity index is 633. The van der Waals surface area contributed by atoms with Crippen molar-refractivity contribution in [2.75, 3.05) is 6.54 Å². The number of rotatable bonds is 5. The maximum absolute atomic E-state index is 12.2. The molecule has 0 aliphatic carbocycles. The van der Waals surface area contributed by atoms with E-state index < -0.39 is 17.8 Å². The average molecular weight is 285 g/mol. The van der Waals surface area contributed by atoms with Crippen LogP contribution in [0.1, 0.15) is 30.9 Å². The van der Waals surface area contributed by atoms with Crippen LogP contribution in [-0.4, -0.2) is 34.2 Å². The summed E-state index contributed by atoms with van der Waals surface area (Å²) in [6.07, 6.45) is 1.48. The molecule has 6 heteroatoms. The molecular weight excluding hydrogens is 270 g/mol. The molecule has 21 heavy (non-hydrogen) atoms. The number of amides is 4. The molecule has 2 rings (SSSR count). The number of carbonyl (C=O) groups is 3. The quantitative estimate of drug-likeness (QED) is 0.608. The zero-order valence-corrected chi connectivity index (χ0v) is 11.7. The van der Waals surface area contributed by atoms with E-state index in [4.69, 9.17) is 5.26 Å². The number of imide groups is 2. The zero-order valence-electron chi connectivity index (χ0n) is 11.7. The molecule has 1 heterocycles. The van der Waals surface area contributed by atoms with Gasteiger partial charge in [0.25, 0.3) is 0 Å². The van der Waals surface area contributed by atoms with Gasteiger partial charge in [0.15, 0.2) is 0 Å². The molecule has 1 aromatic rings. The third-order valence-electron chi connectivity index (χ3n) is 3.34. The molecule has 108 valence electrons. The van der Waals surface area contributed by atoms with Crippen molar-refractivity contribution in [3.8, 4) is 6.07 Å². The Balaban J connectivity index is 2.21. The van der Waals surface area contributed by atoms with Crippen LogP contribution in [0, 0.1) is 11.3 Å². The van der Waals surface area contributed by atoms with Crippen LogP contribution in [0.3, 0.4) is 0 Å². The minimum Gasteiger partial charge on any atom is -0.263 e. The average Bonchev–Trinajstić information content (AvgIpc) is 2.70. The molecule has 0 saturated carbocycles. The summed E-state index contributed by atoms with van der Waals surface area (Å²) in [5.74, 6) is -1.62. The number of unbranched alkanes of at least 4 members (excludes halogenated alkanes) is 1. The first-order chi connectivity index (χ1) is 10.1. The van der Waals surface area contributed by atoms with Crippen LogP contribution in [0.5, 0.6) is 0 Å². The van der Waals surface area contributed by atoms with E-state index in [0.29, 0.717) is 17.5 Å². The van der Waals surface area contributed by atoms with E-state index in [1.165, 1.54) is 0 Å². The second-order valence-electron chi connectivity index (χ2n) is 4.75. The second kappa shape index (κ2) is 6.18. The standard InChI is InChI=1S/C15H15N3O3/c1-2-3-8-17-13(19)14(20)18(15(17)21)10-12-7-5-4-6-11(12)9-16/h4-7H,2-3,8,10H2,1H3. The van der Waals surface area contributed by atoms with E-state index >= 15 is 0 Å². The molecule has 4 amide bonds. The highest BCUT2D eigenvalue weighted by Crippen LogP contribution is 2.18. The van der Waals surface area contributed by atoms with Crippen LogP contribution in [0.15, 0.2) is 24.3 Å². The summed E-state index contributed by atoms with van der Waals surface area (Å²) >= 11 is 0. The Hall–Kier alpha value is -2.68. The molecule has 0 N–H and O–H groups in total. The predicted molar refractivity (Wildman–Crippen MR) is 73.7 cm³/mol. The number of benzene rings is 1. The van der Waals surface area contributed by atoms with E-state index in [0.717, 1.165) is 16.2 Å². The van der Waals surface area contributed by atoms with Gasteiger partial charge < -0.3 is 0 Å². The molecule has 1 aliphatic heterocycles. The summed E-state index contributed by atoms with van der Waals surface area (Å²) in [5, 5.41) is 9.03. The molecule has 0 spiro atoms. The van der Waals surface area contributed by atoms with Crippen LogP contribution in [0.4, 0.5) is 4.79 Å². The lowest BCUT2D eigenvalue weighted by atomic mass is 10.1. The summed E-state index contributed by atoms with van der Waals surface area (Å²) < 4.78 is 0. The van der Waals surface area contributed by atoms with Gasteiger partial charge in [-0.05, 0) is 18.1 Å². The minimum absolute atomic E-state index is 0.0598. The van der Waals surface area contributed by atoms with Crippen LogP contribution in [0.25, 0.3) is 0 Å². The van der Waals surface area contributed by atoms with Gasteiger partial charge in [0.05, 0.1) is 18.2 Å². The molecule has 1 saturated heterocycles. The third kappa shape index (κ3) is 2.77. The van der Waals surface area contributed by atoms with Gasteiger partial charge in [-0.2, -0.15) is 5.26 Å². The number of carbonyl (C=O) groups excluding carboxylic acids is 3. The number of urea groups is 1. The highest BCUT2D eigenvalue weighted by atomic mass is 16.2. The highest BCUT2D eigenvalue weighted by molar-refractivity contribution is 6.44. The summed E-state index contributed by atoms with van der Waals surface area (Å²) in [5.41, 5.74) is 0.935. The smallest absolute Gasteiger partial charge is 0.263 e. The van der Waals surface area contributed by atoms with Gasteiger partial charge in [0.2, 0.25) is 0 Å². The van der Waals surface area contributed by atoms with E-state index in [9.17, 15) is 14.4 Å². The van der Waals surface area contributed by atoms with E-state index in [-0.39, 0.29) is 13.1 Å². The van der Waals surface area contributed by atoms with Gasteiger partial charge in [-0.1, -0.05) is 31.5 Å². The minimum atomic E-state index is -0.830. The van der Waals surface area contributed by atoms with Crippen molar-refractivity contribution in [1.82, 2.24) is 9.80 Å². The van der Waals surface area contributed by atoms with Crippen molar-refractivity contribution >= 4 is 17.8 Å². The maximum atomic E-state index is 12.2. The SMILES string of the molecule is CCCCN1C(=O)C(=O)N(Cc2ccccc2C#N)C1=O. The lowest BCUT2D eigenvalue weighted by molar-refractivity contribution is -0.143. The molecule has 1 aliphatic rings. The Labute approximate surface area is 122 Å². The van der Waals surface area contributed by atoms with Crippen LogP contribution < -0.4 is 0 Å². The number of nitrogens with zero attached hydrogens (tertiary/aromatic N) is 3. The fourth-order valence-electron chi connectivity index (χ4n) is 2.14. The fourth-order valence-corrected chi connectivity index (χ4v) is 2.14. The van der Waals surface area contributed by atoms with Gasteiger partial charge in [-0.25, -0.2) is 4.79 Å². The van der Waals surface area contributed by atoms with Crippen molar-refractivity contribution in [1.29, 1.82) is 5.26 Å². The molecule has 0 bridgehead atoms. The molecule has 0 atom stereocenters. The van der Waals surface area contributed by atoms with Gasteiger partial charge in [-0.15, -0.1) is 0 Å². The summed E-state index contributed by atoms with van der Waals surface area (Å²) in [6.45, 7) is 2.12. The van der Waals surface area contributed by atoms with Gasteiger partial charge in [0, 0.05) is 6.54 Å².